The van der Waals surface area contributed by atoms with E-state index in [1.54, 1.807) is 16.6 Å². The number of aromatic nitrogens is 3. The molecular formula is C14H23N5O2. The molecule has 0 aromatic carbocycles. The highest BCUT2D eigenvalue weighted by atomic mass is 16.2. The summed E-state index contributed by atoms with van der Waals surface area (Å²) in [5.41, 5.74) is 0. The fourth-order valence-electron chi connectivity index (χ4n) is 2.62. The van der Waals surface area contributed by atoms with Crippen LogP contribution in [0.25, 0.3) is 0 Å². The molecule has 1 aromatic heterocycles. The first-order valence-electron chi connectivity index (χ1n) is 7.43. The third-order valence-corrected chi connectivity index (χ3v) is 4.24. The maximum Gasteiger partial charge on any atom is 0.246 e. The van der Waals surface area contributed by atoms with E-state index in [9.17, 15) is 9.59 Å². The van der Waals surface area contributed by atoms with Gasteiger partial charge in [-0.05, 0) is 12.3 Å². The third-order valence-electron chi connectivity index (χ3n) is 4.24. The lowest BCUT2D eigenvalue weighted by Crippen LogP contribution is -2.64. The molecule has 0 bridgehead atoms. The van der Waals surface area contributed by atoms with Crippen LogP contribution < -0.4 is 5.32 Å². The van der Waals surface area contributed by atoms with Gasteiger partial charge >= 0.3 is 0 Å². The Morgan fingerprint density at radius 3 is 2.62 bits per heavy atom. The molecule has 3 unspecified atom stereocenters. The van der Waals surface area contributed by atoms with Crippen molar-refractivity contribution in [2.75, 3.05) is 0 Å². The van der Waals surface area contributed by atoms with Gasteiger partial charge in [-0.2, -0.15) is 5.10 Å². The standard InChI is InChI=1S/C14H23N5O2/c1-5-9(3)12-14(21)19(10(6-2)13(20)17-12)7-11-15-8-16-18(11)4/h8-10,12H,5-7H2,1-4H3,(H,17,20). The second-order valence-electron chi connectivity index (χ2n) is 5.56. The van der Waals surface area contributed by atoms with Crippen LogP contribution in [0.2, 0.25) is 0 Å². The van der Waals surface area contributed by atoms with Crippen LogP contribution in [0.3, 0.4) is 0 Å². The number of hydrogen-bond acceptors (Lipinski definition) is 4. The van der Waals surface area contributed by atoms with Gasteiger partial charge in [0.1, 0.15) is 24.2 Å². The Bertz CT molecular complexity index is 527. The zero-order valence-corrected chi connectivity index (χ0v) is 13.0. The summed E-state index contributed by atoms with van der Waals surface area (Å²) in [4.78, 5) is 30.8. The van der Waals surface area contributed by atoms with Gasteiger partial charge in [-0.3, -0.25) is 14.3 Å². The number of carbonyl (C=O) groups excluding carboxylic acids is 2. The molecule has 0 aliphatic carbocycles. The first-order valence-corrected chi connectivity index (χ1v) is 7.43. The van der Waals surface area contributed by atoms with Crippen molar-refractivity contribution in [3.8, 4) is 0 Å². The summed E-state index contributed by atoms with van der Waals surface area (Å²) in [6.45, 7) is 6.22. The summed E-state index contributed by atoms with van der Waals surface area (Å²) in [7, 11) is 1.78. The first kappa shape index (κ1) is 15.5. The summed E-state index contributed by atoms with van der Waals surface area (Å²) in [5.74, 6) is 0.684. The van der Waals surface area contributed by atoms with Crippen LogP contribution in [0.4, 0.5) is 0 Å². The number of nitrogens with one attached hydrogen (secondary N) is 1. The quantitative estimate of drug-likeness (QED) is 0.855. The van der Waals surface area contributed by atoms with Crippen LogP contribution in [0.15, 0.2) is 6.33 Å². The van der Waals surface area contributed by atoms with Gasteiger partial charge < -0.3 is 10.2 Å². The van der Waals surface area contributed by atoms with Crippen LogP contribution in [0.5, 0.6) is 0 Å². The lowest BCUT2D eigenvalue weighted by atomic mass is 9.93. The Kier molecular flexibility index (Phi) is 4.59. The summed E-state index contributed by atoms with van der Waals surface area (Å²) < 4.78 is 1.63. The summed E-state index contributed by atoms with van der Waals surface area (Å²) >= 11 is 0. The van der Waals surface area contributed by atoms with Crippen molar-refractivity contribution in [2.45, 2.75) is 52.2 Å². The molecule has 3 atom stereocenters. The summed E-state index contributed by atoms with van der Waals surface area (Å²) in [6.07, 6.45) is 2.88. The number of aryl methyl sites for hydroxylation is 1. The highest BCUT2D eigenvalue weighted by Crippen LogP contribution is 2.21. The summed E-state index contributed by atoms with van der Waals surface area (Å²) in [6, 6.07) is -0.881. The van der Waals surface area contributed by atoms with E-state index in [2.05, 4.69) is 15.4 Å². The SMILES string of the molecule is CCC(C)C1NC(=O)C(CC)N(Cc2ncnn2C)C1=O. The molecule has 1 aromatic rings. The predicted molar refractivity (Wildman–Crippen MR) is 77.0 cm³/mol. The third kappa shape index (κ3) is 2.91. The molecule has 2 heterocycles. The van der Waals surface area contributed by atoms with Crippen LogP contribution >= 0.6 is 0 Å². The molecule has 2 rings (SSSR count). The van der Waals surface area contributed by atoms with E-state index in [-0.39, 0.29) is 17.7 Å². The van der Waals surface area contributed by atoms with E-state index in [1.165, 1.54) is 6.33 Å². The lowest BCUT2D eigenvalue weighted by Gasteiger charge is -2.40. The largest absolute Gasteiger partial charge is 0.342 e. The number of nitrogens with zero attached hydrogens (tertiary/aromatic N) is 4. The minimum atomic E-state index is -0.446. The topological polar surface area (TPSA) is 80.1 Å². The Balaban J connectivity index is 2.26. The van der Waals surface area contributed by atoms with Crippen molar-refractivity contribution in [2.24, 2.45) is 13.0 Å². The second-order valence-corrected chi connectivity index (χ2v) is 5.56. The average Bonchev–Trinajstić information content (AvgIpc) is 2.87. The predicted octanol–water partition coefficient (Wildman–Crippen LogP) is 0.467. The van der Waals surface area contributed by atoms with Crippen molar-refractivity contribution >= 4 is 11.8 Å². The Hall–Kier alpha value is -1.92. The molecule has 21 heavy (non-hydrogen) atoms. The molecule has 1 fully saturated rings. The second kappa shape index (κ2) is 6.24. The van der Waals surface area contributed by atoms with Crippen molar-refractivity contribution in [1.82, 2.24) is 25.0 Å². The number of amides is 2. The van der Waals surface area contributed by atoms with Gasteiger partial charge in [0.25, 0.3) is 0 Å². The molecule has 7 nitrogen and oxygen atoms in total. The van der Waals surface area contributed by atoms with E-state index >= 15 is 0 Å². The zero-order chi connectivity index (χ0) is 15.6. The molecule has 1 aliphatic heterocycles. The molecule has 116 valence electrons. The molecule has 0 saturated carbocycles. The zero-order valence-electron chi connectivity index (χ0n) is 13.0. The number of hydrogen-bond donors (Lipinski definition) is 1. The Labute approximate surface area is 124 Å². The van der Waals surface area contributed by atoms with Crippen LogP contribution in [0, 0.1) is 5.92 Å². The minimum absolute atomic E-state index is 0.0289. The minimum Gasteiger partial charge on any atom is -0.342 e. The van der Waals surface area contributed by atoms with E-state index in [4.69, 9.17) is 0 Å². The molecule has 0 spiro atoms. The van der Waals surface area contributed by atoms with Gasteiger partial charge in [0.15, 0.2) is 0 Å². The number of rotatable bonds is 5. The maximum absolute atomic E-state index is 12.7. The molecule has 7 heteroatoms. The van der Waals surface area contributed by atoms with Gasteiger partial charge in [-0.25, -0.2) is 4.98 Å². The fraction of sp³-hybridized carbons (Fsp3) is 0.714. The van der Waals surface area contributed by atoms with Gasteiger partial charge in [0.05, 0.1) is 6.54 Å². The highest BCUT2D eigenvalue weighted by Gasteiger charge is 2.41. The lowest BCUT2D eigenvalue weighted by molar-refractivity contribution is -0.151. The van der Waals surface area contributed by atoms with Crippen molar-refractivity contribution in [3.63, 3.8) is 0 Å². The smallest absolute Gasteiger partial charge is 0.246 e. The molecule has 1 saturated heterocycles. The maximum atomic E-state index is 12.7. The number of carbonyl (C=O) groups is 2. The Morgan fingerprint density at radius 2 is 2.10 bits per heavy atom. The average molecular weight is 293 g/mol. The monoisotopic (exact) mass is 293 g/mol. The Morgan fingerprint density at radius 1 is 1.38 bits per heavy atom. The van der Waals surface area contributed by atoms with Crippen LogP contribution in [0.1, 0.15) is 39.4 Å². The van der Waals surface area contributed by atoms with Crippen LogP contribution in [-0.2, 0) is 23.2 Å². The van der Waals surface area contributed by atoms with Crippen molar-refractivity contribution in [1.29, 1.82) is 0 Å². The van der Waals surface area contributed by atoms with Gasteiger partial charge in [0.2, 0.25) is 11.8 Å². The van der Waals surface area contributed by atoms with Gasteiger partial charge in [-0.1, -0.05) is 27.2 Å². The highest BCUT2D eigenvalue weighted by molar-refractivity contribution is 5.97. The van der Waals surface area contributed by atoms with Gasteiger partial charge in [0, 0.05) is 7.05 Å². The summed E-state index contributed by atoms with van der Waals surface area (Å²) in [5, 5.41) is 6.88. The van der Waals surface area contributed by atoms with Crippen molar-refractivity contribution in [3.05, 3.63) is 12.2 Å². The first-order chi connectivity index (χ1) is 9.99. The van der Waals surface area contributed by atoms with Crippen LogP contribution in [-0.4, -0.2) is 43.6 Å². The van der Waals surface area contributed by atoms with Crippen molar-refractivity contribution < 1.29 is 9.59 Å². The molecule has 1 N–H and O–H groups in total. The molecule has 2 amide bonds. The normalized spacial score (nSPS) is 24.1. The van der Waals surface area contributed by atoms with E-state index in [1.807, 2.05) is 20.8 Å². The van der Waals surface area contributed by atoms with E-state index < -0.39 is 12.1 Å². The molecule has 1 aliphatic rings. The van der Waals surface area contributed by atoms with Gasteiger partial charge in [-0.15, -0.1) is 0 Å². The van der Waals surface area contributed by atoms with E-state index in [0.29, 0.717) is 18.8 Å². The van der Waals surface area contributed by atoms with E-state index in [0.717, 1.165) is 6.42 Å². The number of piperazine rings is 1. The fourth-order valence-corrected chi connectivity index (χ4v) is 2.62. The molecular weight excluding hydrogens is 270 g/mol. The molecule has 0 radical (unpaired) electrons.